The van der Waals surface area contributed by atoms with Gasteiger partial charge in [0.05, 0.1) is 12.0 Å². The number of nitrogens with one attached hydrogen (secondary N) is 1. The number of nitrogens with zero attached hydrogens (tertiary/aromatic N) is 2. The molecule has 1 fully saturated rings. The van der Waals surface area contributed by atoms with Gasteiger partial charge in [-0.3, -0.25) is 0 Å². The summed E-state index contributed by atoms with van der Waals surface area (Å²) in [7, 11) is 0. The lowest BCUT2D eigenvalue weighted by molar-refractivity contribution is 0.582. The third-order valence-corrected chi connectivity index (χ3v) is 4.01. The lowest BCUT2D eigenvalue weighted by Gasteiger charge is -2.15. The van der Waals surface area contributed by atoms with E-state index in [1.54, 1.807) is 0 Å². The maximum Gasteiger partial charge on any atom is 0.129 e. The molecular weight excluding hydrogens is 253 g/mol. The zero-order valence-corrected chi connectivity index (χ0v) is 12.0. The Bertz CT molecular complexity index is 589. The third kappa shape index (κ3) is 2.48. The summed E-state index contributed by atoms with van der Waals surface area (Å²) in [5, 5.41) is 3.50. The zero-order chi connectivity index (χ0) is 14.1. The molecule has 3 rings (SSSR count). The highest BCUT2D eigenvalue weighted by Crippen LogP contribution is 2.24. The van der Waals surface area contributed by atoms with E-state index in [0.29, 0.717) is 17.2 Å². The van der Waals surface area contributed by atoms with Crippen LogP contribution >= 0.6 is 0 Å². The van der Waals surface area contributed by atoms with Crippen LogP contribution < -0.4 is 5.32 Å². The van der Waals surface area contributed by atoms with Gasteiger partial charge in [0.25, 0.3) is 0 Å². The van der Waals surface area contributed by atoms with Crippen LogP contribution in [0.2, 0.25) is 0 Å². The first-order chi connectivity index (χ1) is 9.65. The van der Waals surface area contributed by atoms with Gasteiger partial charge >= 0.3 is 0 Å². The monoisotopic (exact) mass is 273 g/mol. The number of imidazole rings is 1. The van der Waals surface area contributed by atoms with Gasteiger partial charge in [0.15, 0.2) is 0 Å². The van der Waals surface area contributed by atoms with Gasteiger partial charge in [-0.25, -0.2) is 9.37 Å². The molecule has 106 valence electrons. The first kappa shape index (κ1) is 13.3. The molecule has 0 aliphatic carbocycles. The van der Waals surface area contributed by atoms with Gasteiger partial charge in [-0.2, -0.15) is 0 Å². The highest BCUT2D eigenvalue weighted by Gasteiger charge is 2.19. The number of hydrogen-bond donors (Lipinski definition) is 1. The molecular formula is C16H20FN3. The minimum atomic E-state index is -0.0999. The maximum absolute atomic E-state index is 13.7. The van der Waals surface area contributed by atoms with Crippen molar-refractivity contribution in [3.8, 4) is 0 Å². The molecule has 3 nitrogen and oxygen atoms in total. The van der Waals surface area contributed by atoms with E-state index in [0.717, 1.165) is 25.1 Å². The SMILES string of the molecule is Cc1cc(Cn2cncc2[C@@H]2CCCN2)cc(C)c1F. The highest BCUT2D eigenvalue weighted by atomic mass is 19.1. The molecule has 4 heteroatoms. The molecule has 1 N–H and O–H groups in total. The Balaban J connectivity index is 1.86. The quantitative estimate of drug-likeness (QED) is 0.931. The molecule has 1 atom stereocenters. The zero-order valence-electron chi connectivity index (χ0n) is 12.0. The molecule has 1 saturated heterocycles. The average molecular weight is 273 g/mol. The second-order valence-electron chi connectivity index (χ2n) is 5.64. The minimum absolute atomic E-state index is 0.0999. The summed E-state index contributed by atoms with van der Waals surface area (Å²) >= 11 is 0. The van der Waals surface area contributed by atoms with Gasteiger partial charge in [-0.05, 0) is 49.9 Å². The van der Waals surface area contributed by atoms with E-state index in [9.17, 15) is 4.39 Å². The van der Waals surface area contributed by atoms with E-state index >= 15 is 0 Å². The Morgan fingerprint density at radius 1 is 1.35 bits per heavy atom. The van der Waals surface area contributed by atoms with Gasteiger partial charge in [0.1, 0.15) is 5.82 Å². The number of hydrogen-bond acceptors (Lipinski definition) is 2. The van der Waals surface area contributed by atoms with Gasteiger partial charge in [0, 0.05) is 18.8 Å². The van der Waals surface area contributed by atoms with Crippen LogP contribution in [0.1, 0.15) is 41.3 Å². The van der Waals surface area contributed by atoms with Gasteiger partial charge in [0.2, 0.25) is 0 Å². The second-order valence-corrected chi connectivity index (χ2v) is 5.64. The first-order valence-corrected chi connectivity index (χ1v) is 7.14. The Labute approximate surface area is 118 Å². The highest BCUT2D eigenvalue weighted by molar-refractivity contribution is 5.31. The summed E-state index contributed by atoms with van der Waals surface area (Å²) in [6.45, 7) is 5.46. The predicted molar refractivity (Wildman–Crippen MR) is 77.2 cm³/mol. The Morgan fingerprint density at radius 3 is 2.75 bits per heavy atom. The van der Waals surface area contributed by atoms with E-state index in [2.05, 4.69) is 14.9 Å². The van der Waals surface area contributed by atoms with Crippen molar-refractivity contribution in [2.24, 2.45) is 0 Å². The van der Waals surface area contributed by atoms with Crippen molar-refractivity contribution in [1.82, 2.24) is 14.9 Å². The van der Waals surface area contributed by atoms with Crippen molar-refractivity contribution in [2.75, 3.05) is 6.54 Å². The molecule has 1 aliphatic rings. The molecule has 20 heavy (non-hydrogen) atoms. The van der Waals surface area contributed by atoms with E-state index in [1.165, 1.54) is 12.1 Å². The number of rotatable bonds is 3. The molecule has 0 saturated carbocycles. The molecule has 2 heterocycles. The molecule has 0 radical (unpaired) electrons. The van der Waals surface area contributed by atoms with E-state index in [1.807, 2.05) is 38.5 Å². The van der Waals surface area contributed by atoms with Crippen LogP contribution in [0.5, 0.6) is 0 Å². The minimum Gasteiger partial charge on any atom is -0.329 e. The summed E-state index contributed by atoms with van der Waals surface area (Å²) in [5.74, 6) is -0.0999. The fourth-order valence-electron chi connectivity index (χ4n) is 3.01. The van der Waals surface area contributed by atoms with Gasteiger partial charge in [-0.1, -0.05) is 12.1 Å². The van der Waals surface area contributed by atoms with E-state index < -0.39 is 0 Å². The van der Waals surface area contributed by atoms with Crippen LogP contribution in [0.25, 0.3) is 0 Å². The fourth-order valence-corrected chi connectivity index (χ4v) is 3.01. The lowest BCUT2D eigenvalue weighted by Crippen LogP contribution is -2.17. The van der Waals surface area contributed by atoms with Crippen molar-refractivity contribution in [3.63, 3.8) is 0 Å². The molecule has 1 aromatic carbocycles. The van der Waals surface area contributed by atoms with Crippen LogP contribution in [-0.4, -0.2) is 16.1 Å². The van der Waals surface area contributed by atoms with Gasteiger partial charge in [-0.15, -0.1) is 0 Å². The summed E-state index contributed by atoms with van der Waals surface area (Å²) in [5.41, 5.74) is 3.77. The fraction of sp³-hybridized carbons (Fsp3) is 0.438. The summed E-state index contributed by atoms with van der Waals surface area (Å²) in [6.07, 6.45) is 6.17. The van der Waals surface area contributed by atoms with E-state index in [4.69, 9.17) is 0 Å². The van der Waals surface area contributed by atoms with Crippen molar-refractivity contribution in [2.45, 2.75) is 39.3 Å². The van der Waals surface area contributed by atoms with Crippen LogP contribution in [0.3, 0.4) is 0 Å². The van der Waals surface area contributed by atoms with Crippen LogP contribution in [0.15, 0.2) is 24.7 Å². The molecule has 0 bridgehead atoms. The standard InChI is InChI=1S/C16H20FN3/c1-11-6-13(7-12(2)16(11)17)9-20-10-18-8-15(20)14-4-3-5-19-14/h6-8,10,14,19H,3-5,9H2,1-2H3/t14-/m0/s1. The Morgan fingerprint density at radius 2 is 2.10 bits per heavy atom. The largest absolute Gasteiger partial charge is 0.329 e. The molecule has 2 aromatic rings. The second kappa shape index (κ2) is 5.37. The summed E-state index contributed by atoms with van der Waals surface area (Å²) < 4.78 is 15.8. The molecule has 1 aromatic heterocycles. The van der Waals surface area contributed by atoms with Crippen molar-refractivity contribution in [3.05, 3.63) is 52.9 Å². The van der Waals surface area contributed by atoms with Crippen LogP contribution in [0, 0.1) is 19.7 Å². The maximum atomic E-state index is 13.7. The average Bonchev–Trinajstić information content (AvgIpc) is 3.05. The van der Waals surface area contributed by atoms with E-state index in [-0.39, 0.29) is 5.82 Å². The van der Waals surface area contributed by atoms with Gasteiger partial charge < -0.3 is 9.88 Å². The van der Waals surface area contributed by atoms with Crippen molar-refractivity contribution < 1.29 is 4.39 Å². The topological polar surface area (TPSA) is 29.9 Å². The lowest BCUT2D eigenvalue weighted by atomic mass is 10.1. The number of aromatic nitrogens is 2. The van der Waals surface area contributed by atoms with Crippen LogP contribution in [-0.2, 0) is 6.54 Å². The third-order valence-electron chi connectivity index (χ3n) is 4.01. The van der Waals surface area contributed by atoms with Crippen molar-refractivity contribution >= 4 is 0 Å². The summed E-state index contributed by atoms with van der Waals surface area (Å²) in [4.78, 5) is 4.27. The predicted octanol–water partition coefficient (Wildman–Crippen LogP) is 3.11. The molecule has 1 aliphatic heterocycles. The van der Waals surface area contributed by atoms with Crippen LogP contribution in [0.4, 0.5) is 4.39 Å². The smallest absolute Gasteiger partial charge is 0.129 e. The number of aryl methyl sites for hydroxylation is 2. The molecule has 0 unspecified atom stereocenters. The Hall–Kier alpha value is -1.68. The molecule has 0 spiro atoms. The summed E-state index contributed by atoms with van der Waals surface area (Å²) in [6, 6.07) is 4.25. The van der Waals surface area contributed by atoms with Crippen molar-refractivity contribution in [1.29, 1.82) is 0 Å². The number of halogens is 1. The first-order valence-electron chi connectivity index (χ1n) is 7.14. The molecule has 0 amide bonds. The Kier molecular flexibility index (Phi) is 3.57. The number of benzene rings is 1. The normalized spacial score (nSPS) is 18.6.